The monoisotopic (exact) mass is 919 g/mol. The molecule has 21 heteroatoms. The molecule has 18 nitrogen and oxygen atoms in total. The van der Waals surface area contributed by atoms with Gasteiger partial charge in [0.25, 0.3) is 5.91 Å². The Hall–Kier alpha value is -6.45. The van der Waals surface area contributed by atoms with Gasteiger partial charge < -0.3 is 40.6 Å². The molecular weight excluding hydrogens is 864 g/mol. The van der Waals surface area contributed by atoms with Gasteiger partial charge in [0.2, 0.25) is 17.7 Å². The molecule has 4 aromatic rings. The van der Waals surface area contributed by atoms with Crippen LogP contribution in [0.3, 0.4) is 0 Å². The SMILES string of the molecule is C=C(CN1CCN(C(=O)[C@@H](NC(C)=O)C(C)C)CC1)C(=O)N[C@@H]1CCCN(Cc2ccnc(C(=O)Nc3ccc(-c4cc5c(N6CCOCC6)ncnc5[nH]4)cc3)c2)C1.O=C(O)C(F)(F)F. The quantitative estimate of drug-likeness (QED) is 0.121. The number of carbonyl (C=O) groups is 5. The Morgan fingerprint density at radius 2 is 1.64 bits per heavy atom. The maximum Gasteiger partial charge on any atom is 0.490 e. The molecule has 2 atom stereocenters. The number of likely N-dealkylation sites (tertiary alicyclic amines) is 1. The number of alkyl halides is 3. The van der Waals surface area contributed by atoms with E-state index in [2.05, 4.69) is 63.2 Å². The lowest BCUT2D eigenvalue weighted by atomic mass is 10.0. The van der Waals surface area contributed by atoms with E-state index in [-0.39, 0.29) is 35.6 Å². The van der Waals surface area contributed by atoms with Crippen molar-refractivity contribution in [2.75, 3.05) is 82.3 Å². The Kier molecular flexibility index (Phi) is 16.4. The predicted octanol–water partition coefficient (Wildman–Crippen LogP) is 3.68. The van der Waals surface area contributed by atoms with E-state index in [1.54, 1.807) is 17.4 Å². The van der Waals surface area contributed by atoms with Gasteiger partial charge in [0, 0.05) is 95.0 Å². The summed E-state index contributed by atoms with van der Waals surface area (Å²) in [5, 5.41) is 17.0. The average Bonchev–Trinajstić information content (AvgIpc) is 3.74. The highest BCUT2D eigenvalue weighted by atomic mass is 19.4. The highest BCUT2D eigenvalue weighted by molar-refractivity contribution is 6.03. The van der Waals surface area contributed by atoms with Crippen LogP contribution in [-0.2, 0) is 30.5 Å². The van der Waals surface area contributed by atoms with Crippen molar-refractivity contribution in [1.29, 1.82) is 0 Å². The van der Waals surface area contributed by atoms with E-state index < -0.39 is 18.2 Å². The molecule has 3 fully saturated rings. The van der Waals surface area contributed by atoms with Gasteiger partial charge in [0.1, 0.15) is 29.5 Å². The number of piperidine rings is 1. The van der Waals surface area contributed by atoms with Crippen LogP contribution in [0.1, 0.15) is 49.7 Å². The number of carbonyl (C=O) groups excluding carboxylic acids is 4. The highest BCUT2D eigenvalue weighted by Crippen LogP contribution is 2.30. The zero-order valence-corrected chi connectivity index (χ0v) is 37.2. The van der Waals surface area contributed by atoms with Gasteiger partial charge in [-0.25, -0.2) is 14.8 Å². The lowest BCUT2D eigenvalue weighted by Crippen LogP contribution is -2.56. The summed E-state index contributed by atoms with van der Waals surface area (Å²) in [6.45, 7) is 17.2. The number of fused-ring (bicyclic) bond motifs is 1. The van der Waals surface area contributed by atoms with Crippen LogP contribution in [0.4, 0.5) is 24.7 Å². The Morgan fingerprint density at radius 3 is 2.29 bits per heavy atom. The van der Waals surface area contributed by atoms with Crippen molar-refractivity contribution in [3.8, 4) is 11.3 Å². The molecule has 0 radical (unpaired) electrons. The van der Waals surface area contributed by atoms with Gasteiger partial charge in [0.05, 0.1) is 18.6 Å². The molecule has 5 N–H and O–H groups in total. The second-order valence-corrected chi connectivity index (χ2v) is 16.8. The Bertz CT molecular complexity index is 2360. The molecule has 3 aliphatic rings. The van der Waals surface area contributed by atoms with Gasteiger partial charge in [0.15, 0.2) is 0 Å². The van der Waals surface area contributed by atoms with Gasteiger partial charge in [-0.15, -0.1) is 0 Å². The van der Waals surface area contributed by atoms with Crippen LogP contribution in [0.5, 0.6) is 0 Å². The number of carboxylic acid groups (broad SMARTS) is 1. The fourth-order valence-corrected chi connectivity index (χ4v) is 7.99. The lowest BCUT2D eigenvalue weighted by molar-refractivity contribution is -0.192. The lowest BCUT2D eigenvalue weighted by Gasteiger charge is -2.37. The molecule has 7 rings (SSSR count). The number of pyridine rings is 1. The number of benzene rings is 1. The first-order chi connectivity index (χ1) is 31.4. The van der Waals surface area contributed by atoms with Crippen molar-refractivity contribution < 1.29 is 47.0 Å². The first kappa shape index (κ1) is 49.0. The topological polar surface area (TPSA) is 218 Å². The number of H-pyrrole nitrogens is 1. The number of aliphatic carboxylic acids is 1. The van der Waals surface area contributed by atoms with Crippen LogP contribution < -0.4 is 20.9 Å². The summed E-state index contributed by atoms with van der Waals surface area (Å²) in [6.07, 6.45) is -0.0454. The Morgan fingerprint density at radius 1 is 0.939 bits per heavy atom. The maximum absolute atomic E-state index is 13.3. The van der Waals surface area contributed by atoms with Crippen LogP contribution in [0.2, 0.25) is 0 Å². The molecular formula is C45H56F3N11O7. The van der Waals surface area contributed by atoms with E-state index >= 15 is 0 Å². The second kappa shape index (κ2) is 22.2. The molecule has 3 aromatic heterocycles. The second-order valence-electron chi connectivity index (χ2n) is 16.8. The first-order valence-corrected chi connectivity index (χ1v) is 21.8. The minimum Gasteiger partial charge on any atom is -0.475 e. The third-order valence-electron chi connectivity index (χ3n) is 11.4. The molecule has 0 aliphatic carbocycles. The summed E-state index contributed by atoms with van der Waals surface area (Å²) >= 11 is 0. The summed E-state index contributed by atoms with van der Waals surface area (Å²) in [6, 6.07) is 12.9. The highest BCUT2D eigenvalue weighted by Gasteiger charge is 2.38. The zero-order valence-electron chi connectivity index (χ0n) is 37.2. The number of hydrogen-bond donors (Lipinski definition) is 5. The maximum atomic E-state index is 13.3. The van der Waals surface area contributed by atoms with Crippen molar-refractivity contribution in [2.45, 2.75) is 58.4 Å². The molecule has 3 saturated heterocycles. The number of morpholine rings is 1. The summed E-state index contributed by atoms with van der Waals surface area (Å²) in [5.41, 5.74) is 5.07. The zero-order chi connectivity index (χ0) is 47.5. The number of carboxylic acids is 1. The first-order valence-electron chi connectivity index (χ1n) is 21.8. The molecule has 6 heterocycles. The summed E-state index contributed by atoms with van der Waals surface area (Å²) in [5.74, 6) is -2.63. The van der Waals surface area contributed by atoms with Crippen LogP contribution in [-0.4, -0.2) is 160 Å². The number of nitrogens with one attached hydrogen (secondary N) is 4. The fourth-order valence-electron chi connectivity index (χ4n) is 7.99. The van der Waals surface area contributed by atoms with Gasteiger partial charge in [-0.05, 0) is 66.8 Å². The van der Waals surface area contributed by atoms with Gasteiger partial charge >= 0.3 is 12.1 Å². The number of piperazine rings is 1. The van der Waals surface area contributed by atoms with Crippen molar-refractivity contribution >= 4 is 52.1 Å². The third-order valence-corrected chi connectivity index (χ3v) is 11.4. The minimum absolute atomic E-state index is 0.0151. The van der Waals surface area contributed by atoms with Gasteiger partial charge in [-0.3, -0.25) is 34.0 Å². The summed E-state index contributed by atoms with van der Waals surface area (Å²) < 4.78 is 37.2. The van der Waals surface area contributed by atoms with Crippen LogP contribution in [0.25, 0.3) is 22.3 Å². The number of nitrogens with zero attached hydrogens (tertiary/aromatic N) is 7. The number of halogens is 3. The smallest absolute Gasteiger partial charge is 0.475 e. The van der Waals surface area contributed by atoms with Crippen LogP contribution in [0.15, 0.2) is 67.1 Å². The van der Waals surface area contributed by atoms with E-state index in [1.807, 2.05) is 50.2 Å². The molecule has 1 aromatic carbocycles. The molecule has 66 heavy (non-hydrogen) atoms. The molecule has 0 bridgehead atoms. The molecule has 3 aliphatic heterocycles. The van der Waals surface area contributed by atoms with E-state index in [0.717, 1.165) is 66.1 Å². The summed E-state index contributed by atoms with van der Waals surface area (Å²) in [7, 11) is 0. The predicted molar refractivity (Wildman–Crippen MR) is 239 cm³/mol. The average molecular weight is 920 g/mol. The summed E-state index contributed by atoms with van der Waals surface area (Å²) in [4.78, 5) is 85.3. The van der Waals surface area contributed by atoms with Crippen molar-refractivity contribution in [2.24, 2.45) is 5.92 Å². The fraction of sp³-hybridized carbons (Fsp3) is 0.467. The largest absolute Gasteiger partial charge is 0.490 e. The number of rotatable bonds is 13. The van der Waals surface area contributed by atoms with E-state index in [4.69, 9.17) is 14.6 Å². The van der Waals surface area contributed by atoms with E-state index in [0.29, 0.717) is 76.0 Å². The molecule has 0 spiro atoms. The number of hydrogen-bond acceptors (Lipinski definition) is 12. The number of anilines is 2. The number of ether oxygens (including phenoxy) is 1. The van der Waals surface area contributed by atoms with E-state index in [9.17, 15) is 32.3 Å². The van der Waals surface area contributed by atoms with Gasteiger partial charge in [-0.2, -0.15) is 13.2 Å². The van der Waals surface area contributed by atoms with E-state index in [1.165, 1.54) is 6.92 Å². The van der Waals surface area contributed by atoms with Crippen molar-refractivity contribution in [1.82, 2.24) is 45.3 Å². The third kappa shape index (κ3) is 13.3. The normalized spacial score (nSPS) is 17.7. The number of aromatic nitrogens is 4. The van der Waals surface area contributed by atoms with Crippen molar-refractivity contribution in [3.63, 3.8) is 0 Å². The number of amides is 4. The molecule has 354 valence electrons. The van der Waals surface area contributed by atoms with Gasteiger partial charge in [-0.1, -0.05) is 32.6 Å². The number of aromatic amines is 1. The molecule has 4 amide bonds. The standard InChI is InChI=1S/C43H55N11O5.C2HF3O2/c1-28(2)38(47-30(4)55)43(58)54-16-14-51(15-17-54)24-29(3)41(56)49-34-6-5-13-52(26-34)25-31-11-12-44-37(22-31)42(57)48-33-9-7-32(8-10-33)36-23-35-39(50-36)45-27-46-40(35)53-18-20-59-21-19-53;3-2(4,5)1(6)7/h7-12,22-23,27-28,34,38H,3,5-6,13-21,24-26H2,1-2,4H3,(H,47,55)(H,48,57)(H,49,56)(H,45,46,50);(H,6,7)/t34-,38+;/m1./s1. The molecule has 0 unspecified atom stereocenters. The minimum atomic E-state index is -5.08. The Labute approximate surface area is 380 Å². The van der Waals surface area contributed by atoms with Crippen LogP contribution in [0, 0.1) is 5.92 Å². The van der Waals surface area contributed by atoms with Crippen molar-refractivity contribution in [3.05, 3.63) is 78.4 Å². The van der Waals surface area contributed by atoms with Crippen LogP contribution >= 0.6 is 0 Å². The molecule has 0 saturated carbocycles. The Balaban J connectivity index is 0.000000952.